The van der Waals surface area contributed by atoms with Crippen molar-refractivity contribution in [3.8, 4) is 0 Å². The van der Waals surface area contributed by atoms with Gasteiger partial charge in [0, 0.05) is 18.6 Å². The summed E-state index contributed by atoms with van der Waals surface area (Å²) in [5, 5.41) is 13.6. The van der Waals surface area contributed by atoms with Crippen LogP contribution in [0.5, 0.6) is 0 Å². The van der Waals surface area contributed by atoms with E-state index in [0.29, 0.717) is 19.3 Å². The van der Waals surface area contributed by atoms with E-state index in [-0.39, 0.29) is 23.2 Å². The van der Waals surface area contributed by atoms with Gasteiger partial charge in [-0.25, -0.2) is 4.39 Å². The van der Waals surface area contributed by atoms with Crippen molar-refractivity contribution in [3.05, 3.63) is 33.6 Å². The van der Waals surface area contributed by atoms with E-state index in [1.165, 1.54) is 0 Å². The third kappa shape index (κ3) is 3.27. The lowest BCUT2D eigenvalue weighted by molar-refractivity contribution is -0.385. The van der Waals surface area contributed by atoms with Crippen LogP contribution in [0.3, 0.4) is 0 Å². The fourth-order valence-corrected chi connectivity index (χ4v) is 2.26. The quantitative estimate of drug-likeness (QED) is 0.497. The number of nitrogens with one attached hydrogen (secondary N) is 1. The molecule has 1 saturated heterocycles. The molecule has 0 aliphatic carbocycles. The Balaban J connectivity index is 2.21. The van der Waals surface area contributed by atoms with E-state index in [2.05, 4.69) is 5.32 Å². The second-order valence-electron chi connectivity index (χ2n) is 5.03. The second-order valence-corrected chi connectivity index (χ2v) is 5.03. The first-order chi connectivity index (χ1) is 9.90. The van der Waals surface area contributed by atoms with Gasteiger partial charge < -0.3 is 15.8 Å². The van der Waals surface area contributed by atoms with Crippen LogP contribution in [0.25, 0.3) is 0 Å². The van der Waals surface area contributed by atoms with E-state index in [4.69, 9.17) is 10.5 Å². The highest BCUT2D eigenvalue weighted by atomic mass is 19.1. The highest BCUT2D eigenvalue weighted by molar-refractivity contribution is 5.99. The minimum absolute atomic E-state index is 0.158. The monoisotopic (exact) mass is 297 g/mol. The summed E-state index contributed by atoms with van der Waals surface area (Å²) in [4.78, 5) is 22.3. The molecule has 0 aromatic heterocycles. The summed E-state index contributed by atoms with van der Waals surface area (Å²) < 4.78 is 18.5. The summed E-state index contributed by atoms with van der Waals surface area (Å²) in [5.74, 6) is -1.41. The summed E-state index contributed by atoms with van der Waals surface area (Å²) >= 11 is 0. The topological polar surface area (TPSA) is 107 Å². The lowest BCUT2D eigenvalue weighted by atomic mass is 10.00. The molecule has 1 aliphatic rings. The Bertz CT molecular complexity index is 573. The SMILES string of the molecule is CC(NC(=O)c1cc(N)c(F)cc1[N+](=O)[O-])C1CCOC1. The number of ether oxygens (including phenoxy) is 1. The lowest BCUT2D eigenvalue weighted by Crippen LogP contribution is -2.38. The number of nitrogens with zero attached hydrogens (tertiary/aromatic N) is 1. The molecule has 0 bridgehead atoms. The zero-order chi connectivity index (χ0) is 15.6. The molecule has 7 nitrogen and oxygen atoms in total. The summed E-state index contributed by atoms with van der Waals surface area (Å²) in [6.07, 6.45) is 0.815. The van der Waals surface area contributed by atoms with E-state index < -0.39 is 22.3 Å². The Morgan fingerprint density at radius 2 is 2.33 bits per heavy atom. The zero-order valence-corrected chi connectivity index (χ0v) is 11.5. The van der Waals surface area contributed by atoms with Gasteiger partial charge >= 0.3 is 0 Å². The van der Waals surface area contributed by atoms with Crippen LogP contribution in [-0.4, -0.2) is 30.1 Å². The number of nitrogen functional groups attached to an aromatic ring is 1. The number of rotatable bonds is 4. The van der Waals surface area contributed by atoms with Crippen LogP contribution in [0.1, 0.15) is 23.7 Å². The largest absolute Gasteiger partial charge is 0.396 e. The molecule has 2 rings (SSSR count). The Labute approximate surface area is 120 Å². The molecule has 1 aromatic carbocycles. The average molecular weight is 297 g/mol. The van der Waals surface area contributed by atoms with Crippen molar-refractivity contribution >= 4 is 17.3 Å². The van der Waals surface area contributed by atoms with Gasteiger partial charge in [0.2, 0.25) is 0 Å². The van der Waals surface area contributed by atoms with Crippen molar-refractivity contribution in [2.24, 2.45) is 5.92 Å². The van der Waals surface area contributed by atoms with Crippen molar-refractivity contribution < 1.29 is 18.8 Å². The predicted octanol–water partition coefficient (Wildman–Crippen LogP) is 1.47. The molecule has 1 amide bonds. The Hall–Kier alpha value is -2.22. The number of benzene rings is 1. The van der Waals surface area contributed by atoms with E-state index in [1.807, 2.05) is 0 Å². The number of carbonyl (C=O) groups excluding carboxylic acids is 1. The van der Waals surface area contributed by atoms with E-state index in [0.717, 1.165) is 12.5 Å². The minimum atomic E-state index is -0.921. The van der Waals surface area contributed by atoms with Gasteiger partial charge in [-0.1, -0.05) is 0 Å². The molecule has 3 N–H and O–H groups in total. The maximum absolute atomic E-state index is 13.3. The van der Waals surface area contributed by atoms with Crippen molar-refractivity contribution in [2.75, 3.05) is 18.9 Å². The molecule has 2 atom stereocenters. The van der Waals surface area contributed by atoms with Crippen LogP contribution in [0.2, 0.25) is 0 Å². The maximum Gasteiger partial charge on any atom is 0.285 e. The Morgan fingerprint density at radius 1 is 1.62 bits per heavy atom. The molecule has 1 aliphatic heterocycles. The molecule has 21 heavy (non-hydrogen) atoms. The van der Waals surface area contributed by atoms with Crippen LogP contribution < -0.4 is 11.1 Å². The van der Waals surface area contributed by atoms with E-state index in [1.54, 1.807) is 6.92 Å². The van der Waals surface area contributed by atoms with Gasteiger partial charge in [0.05, 0.1) is 23.3 Å². The molecule has 2 unspecified atom stereocenters. The average Bonchev–Trinajstić information content (AvgIpc) is 2.95. The van der Waals surface area contributed by atoms with Crippen molar-refractivity contribution in [2.45, 2.75) is 19.4 Å². The molecule has 1 fully saturated rings. The van der Waals surface area contributed by atoms with Crippen LogP contribution in [-0.2, 0) is 4.74 Å². The number of halogens is 1. The molecule has 114 valence electrons. The minimum Gasteiger partial charge on any atom is -0.396 e. The summed E-state index contributed by atoms with van der Waals surface area (Å²) in [6.45, 7) is 2.97. The first kappa shape index (κ1) is 15.2. The molecule has 0 radical (unpaired) electrons. The van der Waals surface area contributed by atoms with Crippen LogP contribution in [0, 0.1) is 21.8 Å². The third-order valence-electron chi connectivity index (χ3n) is 3.59. The van der Waals surface area contributed by atoms with Crippen molar-refractivity contribution in [1.82, 2.24) is 5.32 Å². The number of nitro groups is 1. The summed E-state index contributed by atoms with van der Waals surface area (Å²) in [5.41, 5.74) is 4.23. The van der Waals surface area contributed by atoms with Gasteiger partial charge in [0.1, 0.15) is 5.56 Å². The van der Waals surface area contributed by atoms with Gasteiger partial charge in [-0.05, 0) is 19.4 Å². The van der Waals surface area contributed by atoms with E-state index in [9.17, 15) is 19.3 Å². The fourth-order valence-electron chi connectivity index (χ4n) is 2.26. The maximum atomic E-state index is 13.3. The fraction of sp³-hybridized carbons (Fsp3) is 0.462. The van der Waals surface area contributed by atoms with Crippen molar-refractivity contribution in [1.29, 1.82) is 0 Å². The Morgan fingerprint density at radius 3 is 2.90 bits per heavy atom. The summed E-state index contributed by atoms with van der Waals surface area (Å²) in [6, 6.07) is 1.44. The first-order valence-electron chi connectivity index (χ1n) is 6.52. The normalized spacial score (nSPS) is 19.2. The second kappa shape index (κ2) is 6.04. The van der Waals surface area contributed by atoms with Gasteiger partial charge in [0.15, 0.2) is 5.82 Å². The molecular formula is C13H16FN3O4. The zero-order valence-electron chi connectivity index (χ0n) is 11.5. The van der Waals surface area contributed by atoms with Crippen molar-refractivity contribution in [3.63, 3.8) is 0 Å². The number of nitrogens with two attached hydrogens (primary N) is 1. The molecule has 1 heterocycles. The highest BCUT2D eigenvalue weighted by Gasteiger charge is 2.27. The third-order valence-corrected chi connectivity index (χ3v) is 3.59. The molecule has 8 heteroatoms. The van der Waals surface area contributed by atoms with Gasteiger partial charge in [-0.2, -0.15) is 0 Å². The molecule has 0 spiro atoms. The number of anilines is 1. The number of carbonyl (C=O) groups is 1. The van der Waals surface area contributed by atoms with Gasteiger partial charge in [0.25, 0.3) is 11.6 Å². The molecular weight excluding hydrogens is 281 g/mol. The van der Waals surface area contributed by atoms with Crippen LogP contribution >= 0.6 is 0 Å². The highest BCUT2D eigenvalue weighted by Crippen LogP contribution is 2.25. The predicted molar refractivity (Wildman–Crippen MR) is 73.3 cm³/mol. The lowest BCUT2D eigenvalue weighted by Gasteiger charge is -2.19. The molecule has 1 aromatic rings. The first-order valence-corrected chi connectivity index (χ1v) is 6.52. The van der Waals surface area contributed by atoms with Crippen LogP contribution in [0.15, 0.2) is 12.1 Å². The number of nitro benzene ring substituents is 1. The van der Waals surface area contributed by atoms with E-state index >= 15 is 0 Å². The van der Waals surface area contributed by atoms with Crippen LogP contribution in [0.4, 0.5) is 15.8 Å². The standard InChI is InChI=1S/C13H16FN3O4/c1-7(8-2-3-21-6-8)16-13(18)9-4-11(15)10(14)5-12(9)17(19)20/h4-5,7-8H,2-3,6,15H2,1H3,(H,16,18). The number of amides is 1. The van der Waals surface area contributed by atoms with Gasteiger partial charge in [-0.15, -0.1) is 0 Å². The summed E-state index contributed by atoms with van der Waals surface area (Å²) in [7, 11) is 0. The Kier molecular flexibility index (Phi) is 4.37. The van der Waals surface area contributed by atoms with Gasteiger partial charge in [-0.3, -0.25) is 14.9 Å². The smallest absolute Gasteiger partial charge is 0.285 e. The number of hydrogen-bond acceptors (Lipinski definition) is 5. The number of hydrogen-bond donors (Lipinski definition) is 2. The molecule has 0 saturated carbocycles.